The molecule has 136 valence electrons. The van der Waals surface area contributed by atoms with Crippen molar-refractivity contribution in [2.45, 2.75) is 6.42 Å². The van der Waals surface area contributed by atoms with E-state index >= 15 is 0 Å². The lowest BCUT2D eigenvalue weighted by Crippen LogP contribution is -2.28. The van der Waals surface area contributed by atoms with E-state index in [0.29, 0.717) is 11.3 Å². The molecule has 4 rings (SSSR count). The summed E-state index contributed by atoms with van der Waals surface area (Å²) in [5.74, 6) is -0.680. The van der Waals surface area contributed by atoms with E-state index < -0.39 is 29.0 Å². The Kier molecular flexibility index (Phi) is 3.62. The zero-order valence-electron chi connectivity index (χ0n) is 13.4. The Labute approximate surface area is 149 Å². The standard InChI is InChI=1S/C16H11N5O6/c22-11(18-9-5-17-15(25)20-13(9)24)6-1-2-10-7(3-6)4-8-12(23)19-16(26)21-14(8)27-10/h1-3,5H,4H2,(H,18,22)(H2,17,20,24,25)(H2,19,21,23,26). The maximum absolute atomic E-state index is 12.4. The molecule has 1 aliphatic rings. The largest absolute Gasteiger partial charge is 0.492 e. The molecule has 1 aromatic carbocycles. The first kappa shape index (κ1) is 16.3. The molecule has 0 aliphatic carbocycles. The fraction of sp³-hybridized carbons (Fsp3) is 0.0625. The summed E-state index contributed by atoms with van der Waals surface area (Å²) in [4.78, 5) is 47.0. The molecule has 27 heavy (non-hydrogen) atoms. The minimum absolute atomic E-state index is 0.0691. The quantitative estimate of drug-likeness (QED) is 0.334. The summed E-state index contributed by atoms with van der Waals surface area (Å²) < 4.78 is 5.53. The van der Waals surface area contributed by atoms with Crippen LogP contribution in [-0.2, 0) is 6.42 Å². The summed E-state index contributed by atoms with van der Waals surface area (Å²) >= 11 is 0. The van der Waals surface area contributed by atoms with Crippen LogP contribution >= 0.6 is 0 Å². The molecule has 1 amide bonds. The average molecular weight is 369 g/mol. The van der Waals surface area contributed by atoms with Crippen LogP contribution in [0.3, 0.4) is 0 Å². The summed E-state index contributed by atoms with van der Waals surface area (Å²) in [5, 5.41) is 21.1. The molecule has 5 N–H and O–H groups in total. The summed E-state index contributed by atoms with van der Waals surface area (Å²) in [6, 6.07) is 3.90. The topological polar surface area (TPSA) is 170 Å². The van der Waals surface area contributed by atoms with Gasteiger partial charge in [-0.05, 0) is 18.2 Å². The number of hydrogen-bond acceptors (Lipinski definition) is 8. The molecule has 11 heteroatoms. The maximum atomic E-state index is 12.4. The van der Waals surface area contributed by atoms with Crippen LogP contribution in [0.4, 0.5) is 5.69 Å². The lowest BCUT2D eigenvalue weighted by molar-refractivity contribution is 0.102. The van der Waals surface area contributed by atoms with Crippen molar-refractivity contribution in [3.63, 3.8) is 0 Å². The number of benzene rings is 1. The highest BCUT2D eigenvalue weighted by Crippen LogP contribution is 2.33. The summed E-state index contributed by atoms with van der Waals surface area (Å²) in [6.45, 7) is 0. The van der Waals surface area contributed by atoms with Crippen LogP contribution < -0.4 is 21.3 Å². The molecule has 0 radical (unpaired) electrons. The van der Waals surface area contributed by atoms with Crippen molar-refractivity contribution < 1.29 is 19.7 Å². The first-order valence-electron chi connectivity index (χ1n) is 7.63. The fourth-order valence-corrected chi connectivity index (χ4v) is 2.64. The molecule has 0 bridgehead atoms. The minimum Gasteiger partial charge on any atom is -0.492 e. The van der Waals surface area contributed by atoms with Gasteiger partial charge in [0.05, 0.1) is 11.8 Å². The number of anilines is 1. The van der Waals surface area contributed by atoms with Crippen molar-refractivity contribution in [2.24, 2.45) is 0 Å². The molecule has 1 aliphatic heterocycles. The lowest BCUT2D eigenvalue weighted by Gasteiger charge is -2.19. The van der Waals surface area contributed by atoms with Gasteiger partial charge in [0, 0.05) is 17.5 Å². The van der Waals surface area contributed by atoms with Crippen LogP contribution in [0, 0.1) is 0 Å². The number of ether oxygens (including phenoxy) is 1. The number of H-pyrrole nitrogens is 2. The van der Waals surface area contributed by atoms with E-state index in [9.17, 15) is 19.5 Å². The number of nitrogens with zero attached hydrogens (tertiary/aromatic N) is 2. The number of rotatable bonds is 2. The van der Waals surface area contributed by atoms with Crippen LogP contribution in [0.25, 0.3) is 0 Å². The van der Waals surface area contributed by atoms with Gasteiger partial charge in [0.1, 0.15) is 11.4 Å². The zero-order valence-corrected chi connectivity index (χ0v) is 13.4. The summed E-state index contributed by atoms with van der Waals surface area (Å²) in [7, 11) is 0. The van der Waals surface area contributed by atoms with Crippen LogP contribution in [0.15, 0.2) is 34.0 Å². The first-order valence-corrected chi connectivity index (χ1v) is 7.63. The van der Waals surface area contributed by atoms with Gasteiger partial charge in [0.15, 0.2) is 0 Å². The summed E-state index contributed by atoms with van der Waals surface area (Å²) in [5.41, 5.74) is -0.280. The number of aromatic nitrogens is 4. The molecule has 0 saturated carbocycles. The number of hydrogen-bond donors (Lipinski definition) is 5. The zero-order chi connectivity index (χ0) is 19.1. The highest BCUT2D eigenvalue weighted by molar-refractivity contribution is 6.05. The SMILES string of the molecule is O=C(Nc1cnc(O)nc1O)c1ccc2c(c1)Cc1c([nH]c(=O)[nH]c1=O)O2. The Morgan fingerprint density at radius 3 is 2.81 bits per heavy atom. The highest BCUT2D eigenvalue weighted by Gasteiger charge is 2.22. The third-order valence-electron chi connectivity index (χ3n) is 3.91. The molecule has 0 spiro atoms. The van der Waals surface area contributed by atoms with Crippen LogP contribution in [0.2, 0.25) is 0 Å². The van der Waals surface area contributed by atoms with Crippen LogP contribution in [0.1, 0.15) is 21.5 Å². The molecule has 0 saturated heterocycles. The van der Waals surface area contributed by atoms with Gasteiger partial charge in [-0.15, -0.1) is 0 Å². The number of carbonyl (C=O) groups excluding carboxylic acids is 1. The van der Waals surface area contributed by atoms with Gasteiger partial charge in [-0.3, -0.25) is 19.6 Å². The molecule has 3 heterocycles. The number of aromatic hydroxyl groups is 2. The number of aromatic amines is 2. The Morgan fingerprint density at radius 1 is 1.22 bits per heavy atom. The Morgan fingerprint density at radius 2 is 2.04 bits per heavy atom. The predicted octanol–water partition coefficient (Wildman–Crippen LogP) is 0.213. The Hall–Kier alpha value is -4.15. The lowest BCUT2D eigenvalue weighted by atomic mass is 10.0. The van der Waals surface area contributed by atoms with Gasteiger partial charge in [-0.1, -0.05) is 0 Å². The van der Waals surface area contributed by atoms with Crippen molar-refractivity contribution in [1.29, 1.82) is 0 Å². The van der Waals surface area contributed by atoms with Gasteiger partial charge >= 0.3 is 11.7 Å². The van der Waals surface area contributed by atoms with Gasteiger partial charge < -0.3 is 20.3 Å². The van der Waals surface area contributed by atoms with E-state index in [1.165, 1.54) is 18.2 Å². The maximum Gasteiger partial charge on any atom is 0.328 e. The molecule has 2 aromatic heterocycles. The second-order valence-electron chi connectivity index (χ2n) is 5.68. The molecule has 0 unspecified atom stereocenters. The molecule has 0 atom stereocenters. The molecule has 3 aromatic rings. The predicted molar refractivity (Wildman–Crippen MR) is 90.3 cm³/mol. The average Bonchev–Trinajstić information content (AvgIpc) is 2.62. The van der Waals surface area contributed by atoms with E-state index in [-0.39, 0.29) is 29.1 Å². The van der Waals surface area contributed by atoms with Gasteiger partial charge in [0.25, 0.3) is 11.5 Å². The molecule has 0 fully saturated rings. The minimum atomic E-state index is -0.672. The van der Waals surface area contributed by atoms with Gasteiger partial charge in [0.2, 0.25) is 11.8 Å². The number of carbonyl (C=O) groups is 1. The Balaban J connectivity index is 1.63. The van der Waals surface area contributed by atoms with E-state index in [2.05, 4.69) is 25.3 Å². The summed E-state index contributed by atoms with van der Waals surface area (Å²) in [6.07, 6.45) is 1.22. The van der Waals surface area contributed by atoms with E-state index in [1.54, 1.807) is 0 Å². The number of nitrogens with one attached hydrogen (secondary N) is 3. The third kappa shape index (κ3) is 2.97. The van der Waals surface area contributed by atoms with Crippen molar-refractivity contribution in [2.75, 3.05) is 5.32 Å². The van der Waals surface area contributed by atoms with Crippen molar-refractivity contribution in [1.82, 2.24) is 19.9 Å². The molecular formula is C16H11N5O6. The van der Waals surface area contributed by atoms with Crippen molar-refractivity contribution in [3.05, 3.63) is 61.9 Å². The van der Waals surface area contributed by atoms with Crippen LogP contribution in [-0.4, -0.2) is 36.1 Å². The van der Waals surface area contributed by atoms with E-state index in [4.69, 9.17) is 9.84 Å². The second kappa shape index (κ2) is 5.98. The first-order chi connectivity index (χ1) is 12.9. The van der Waals surface area contributed by atoms with E-state index in [1.807, 2.05) is 0 Å². The van der Waals surface area contributed by atoms with Crippen molar-refractivity contribution in [3.8, 4) is 23.5 Å². The van der Waals surface area contributed by atoms with E-state index in [0.717, 1.165) is 6.20 Å². The molecular weight excluding hydrogens is 358 g/mol. The smallest absolute Gasteiger partial charge is 0.328 e. The fourth-order valence-electron chi connectivity index (χ4n) is 2.64. The van der Waals surface area contributed by atoms with Gasteiger partial charge in [-0.25, -0.2) is 9.78 Å². The van der Waals surface area contributed by atoms with Crippen LogP contribution in [0.5, 0.6) is 23.5 Å². The number of fused-ring (bicyclic) bond motifs is 2. The van der Waals surface area contributed by atoms with Crippen molar-refractivity contribution >= 4 is 11.6 Å². The monoisotopic (exact) mass is 369 g/mol. The third-order valence-corrected chi connectivity index (χ3v) is 3.91. The second-order valence-corrected chi connectivity index (χ2v) is 5.68. The number of amides is 1. The molecule has 11 nitrogen and oxygen atoms in total. The Bertz CT molecular complexity index is 1200. The normalized spacial score (nSPS) is 11.9. The van der Waals surface area contributed by atoms with Gasteiger partial charge in [-0.2, -0.15) is 4.98 Å². The highest BCUT2D eigenvalue weighted by atomic mass is 16.5.